The molecule has 1 atom stereocenters. The van der Waals surface area contributed by atoms with Gasteiger partial charge in [0.25, 0.3) is 11.6 Å². The summed E-state index contributed by atoms with van der Waals surface area (Å²) in [5, 5.41) is 20.9. The third-order valence-electron chi connectivity index (χ3n) is 4.35. The van der Waals surface area contributed by atoms with Gasteiger partial charge in [0.2, 0.25) is 0 Å². The molecule has 27 heavy (non-hydrogen) atoms. The van der Waals surface area contributed by atoms with Crippen LogP contribution >= 0.6 is 11.3 Å². The first-order valence-corrected chi connectivity index (χ1v) is 9.34. The Kier molecular flexibility index (Phi) is 4.69. The molecule has 2 aromatic carbocycles. The summed E-state index contributed by atoms with van der Waals surface area (Å²) in [7, 11) is 0. The number of hydrogen-bond acceptors (Lipinski definition) is 7. The van der Waals surface area contributed by atoms with Gasteiger partial charge in [0.1, 0.15) is 0 Å². The maximum atomic E-state index is 12.4. The summed E-state index contributed by atoms with van der Waals surface area (Å²) in [6.45, 7) is 1.71. The predicted octanol–water partition coefficient (Wildman–Crippen LogP) is 3.04. The van der Waals surface area contributed by atoms with Crippen LogP contribution in [-0.4, -0.2) is 34.9 Å². The van der Waals surface area contributed by atoms with E-state index in [2.05, 4.69) is 20.9 Å². The number of benzene rings is 2. The molecule has 1 amide bonds. The van der Waals surface area contributed by atoms with Crippen molar-refractivity contribution in [2.45, 2.75) is 12.5 Å². The fraction of sp³-hybridized carbons (Fsp3) is 0.222. The van der Waals surface area contributed by atoms with Crippen LogP contribution in [0.3, 0.4) is 0 Å². The summed E-state index contributed by atoms with van der Waals surface area (Å²) in [5.41, 5.74) is 2.04. The average Bonchev–Trinajstić information content (AvgIpc) is 3.30. The number of amides is 1. The summed E-state index contributed by atoms with van der Waals surface area (Å²) in [5.74, 6) is -0.104. The number of hydrogen-bond donors (Lipinski definition) is 3. The van der Waals surface area contributed by atoms with Gasteiger partial charge in [0.15, 0.2) is 5.13 Å². The van der Waals surface area contributed by atoms with Crippen molar-refractivity contribution in [1.29, 1.82) is 0 Å². The number of thiazole rings is 1. The quantitative estimate of drug-likeness (QED) is 0.461. The van der Waals surface area contributed by atoms with Crippen molar-refractivity contribution >= 4 is 44.0 Å². The number of carbonyl (C=O) groups is 1. The number of non-ortho nitro benzene ring substituents is 1. The number of nitro groups is 1. The van der Waals surface area contributed by atoms with E-state index in [1.54, 1.807) is 18.2 Å². The Morgan fingerprint density at radius 2 is 2.19 bits per heavy atom. The van der Waals surface area contributed by atoms with E-state index < -0.39 is 4.92 Å². The van der Waals surface area contributed by atoms with Crippen molar-refractivity contribution in [1.82, 2.24) is 15.6 Å². The van der Waals surface area contributed by atoms with Gasteiger partial charge in [-0.25, -0.2) is 4.98 Å². The molecule has 8 nitrogen and oxygen atoms in total. The monoisotopic (exact) mass is 383 g/mol. The molecular formula is C18H17N5O3S. The number of rotatable bonds is 5. The van der Waals surface area contributed by atoms with Gasteiger partial charge in [-0.1, -0.05) is 17.4 Å². The second-order valence-corrected chi connectivity index (χ2v) is 7.33. The van der Waals surface area contributed by atoms with Gasteiger partial charge in [-0.3, -0.25) is 14.9 Å². The molecule has 9 heteroatoms. The lowest BCUT2D eigenvalue weighted by Gasteiger charge is -2.12. The van der Waals surface area contributed by atoms with Crippen molar-refractivity contribution in [2.24, 2.45) is 0 Å². The number of carbonyl (C=O) groups excluding carboxylic acids is 1. The molecule has 1 fully saturated rings. The number of anilines is 2. The maximum Gasteiger partial charge on any atom is 0.270 e. The highest BCUT2D eigenvalue weighted by Gasteiger charge is 2.18. The van der Waals surface area contributed by atoms with Crippen LogP contribution in [0.15, 0.2) is 42.5 Å². The summed E-state index contributed by atoms with van der Waals surface area (Å²) >= 11 is 1.33. The Morgan fingerprint density at radius 3 is 2.96 bits per heavy atom. The van der Waals surface area contributed by atoms with Crippen LogP contribution in [0.4, 0.5) is 16.5 Å². The predicted molar refractivity (Wildman–Crippen MR) is 105 cm³/mol. The zero-order chi connectivity index (χ0) is 18.8. The maximum absolute atomic E-state index is 12.4. The van der Waals surface area contributed by atoms with Crippen LogP contribution in [0, 0.1) is 10.1 Å². The lowest BCUT2D eigenvalue weighted by atomic mass is 10.1. The molecule has 3 N–H and O–H groups in total. The summed E-state index contributed by atoms with van der Waals surface area (Å²) < 4.78 is 0.731. The van der Waals surface area contributed by atoms with E-state index in [4.69, 9.17) is 0 Å². The van der Waals surface area contributed by atoms with Crippen LogP contribution in [-0.2, 0) is 0 Å². The molecule has 1 aromatic heterocycles. The summed E-state index contributed by atoms with van der Waals surface area (Å²) in [6.07, 6.45) is 0.932. The standard InChI is InChI=1S/C18H17N5O3S/c24-17(20-13-6-7-19-10-13)11-2-1-3-12(8-11)21-18-22-15-5-4-14(23(25)26)9-16(15)27-18/h1-5,8-9,13,19H,6-7,10H2,(H,20,24)(H,21,22). The molecule has 1 unspecified atom stereocenters. The van der Waals surface area contributed by atoms with Gasteiger partial charge in [0.05, 0.1) is 15.1 Å². The number of nitrogens with one attached hydrogen (secondary N) is 3. The fourth-order valence-corrected chi connectivity index (χ4v) is 3.91. The van der Waals surface area contributed by atoms with Gasteiger partial charge in [0, 0.05) is 36.0 Å². The third-order valence-corrected chi connectivity index (χ3v) is 5.29. The van der Waals surface area contributed by atoms with Crippen molar-refractivity contribution in [2.75, 3.05) is 18.4 Å². The largest absolute Gasteiger partial charge is 0.348 e. The second kappa shape index (κ2) is 7.29. The van der Waals surface area contributed by atoms with E-state index in [9.17, 15) is 14.9 Å². The first-order chi connectivity index (χ1) is 13.1. The molecule has 4 rings (SSSR count). The SMILES string of the molecule is O=C(NC1CCNC1)c1cccc(Nc2nc3ccc([N+](=O)[O-])cc3s2)c1. The number of nitrogens with zero attached hydrogens (tertiary/aromatic N) is 2. The molecule has 1 aliphatic rings. The van der Waals surface area contributed by atoms with Gasteiger partial charge in [-0.2, -0.15) is 0 Å². The number of fused-ring (bicyclic) bond motifs is 1. The smallest absolute Gasteiger partial charge is 0.270 e. The zero-order valence-electron chi connectivity index (χ0n) is 14.3. The van der Waals surface area contributed by atoms with E-state index >= 15 is 0 Å². The van der Waals surface area contributed by atoms with Crippen LogP contribution < -0.4 is 16.0 Å². The molecule has 3 aromatic rings. The lowest BCUT2D eigenvalue weighted by molar-refractivity contribution is -0.384. The van der Waals surface area contributed by atoms with Gasteiger partial charge < -0.3 is 16.0 Å². The van der Waals surface area contributed by atoms with Gasteiger partial charge in [-0.15, -0.1) is 0 Å². The first kappa shape index (κ1) is 17.4. The highest BCUT2D eigenvalue weighted by Crippen LogP contribution is 2.31. The third kappa shape index (κ3) is 3.88. The van der Waals surface area contributed by atoms with Crippen LogP contribution in [0.2, 0.25) is 0 Å². The average molecular weight is 383 g/mol. The van der Waals surface area contributed by atoms with Gasteiger partial charge in [-0.05, 0) is 37.2 Å². The van der Waals surface area contributed by atoms with E-state index in [0.29, 0.717) is 16.2 Å². The minimum Gasteiger partial charge on any atom is -0.348 e. The Hall–Kier alpha value is -3.04. The topological polar surface area (TPSA) is 109 Å². The normalized spacial score (nSPS) is 16.4. The Balaban J connectivity index is 1.51. The summed E-state index contributed by atoms with van der Waals surface area (Å²) in [6, 6.07) is 11.9. The molecule has 138 valence electrons. The van der Waals surface area contributed by atoms with Gasteiger partial charge >= 0.3 is 0 Å². The molecule has 0 bridgehead atoms. The van der Waals surface area contributed by atoms with Crippen LogP contribution in [0.1, 0.15) is 16.8 Å². The highest BCUT2D eigenvalue weighted by molar-refractivity contribution is 7.22. The molecule has 0 aliphatic carbocycles. The van der Waals surface area contributed by atoms with E-state index in [-0.39, 0.29) is 17.6 Å². The minimum absolute atomic E-state index is 0.0396. The molecule has 1 saturated heterocycles. The van der Waals surface area contributed by atoms with Crippen molar-refractivity contribution in [3.63, 3.8) is 0 Å². The molecule has 0 spiro atoms. The van der Waals surface area contributed by atoms with E-state index in [1.165, 1.54) is 23.5 Å². The molecule has 0 radical (unpaired) electrons. The van der Waals surface area contributed by atoms with E-state index in [1.807, 2.05) is 12.1 Å². The zero-order valence-corrected chi connectivity index (χ0v) is 15.1. The Labute approximate surface area is 158 Å². The minimum atomic E-state index is -0.422. The fourth-order valence-electron chi connectivity index (χ4n) is 2.99. The van der Waals surface area contributed by atoms with E-state index in [0.717, 1.165) is 29.9 Å². The summed E-state index contributed by atoms with van der Waals surface area (Å²) in [4.78, 5) is 27.3. The second-order valence-electron chi connectivity index (χ2n) is 6.30. The first-order valence-electron chi connectivity index (χ1n) is 8.52. The highest BCUT2D eigenvalue weighted by atomic mass is 32.1. The Bertz CT molecular complexity index is 1010. The number of nitro benzene ring substituents is 1. The molecule has 2 heterocycles. The molecule has 1 aliphatic heterocycles. The lowest BCUT2D eigenvalue weighted by Crippen LogP contribution is -2.36. The van der Waals surface area contributed by atoms with Crippen molar-refractivity contribution in [3.8, 4) is 0 Å². The van der Waals surface area contributed by atoms with Crippen LogP contribution in [0.25, 0.3) is 10.2 Å². The van der Waals surface area contributed by atoms with Crippen molar-refractivity contribution < 1.29 is 9.72 Å². The molecular weight excluding hydrogens is 366 g/mol. The van der Waals surface area contributed by atoms with Crippen LogP contribution in [0.5, 0.6) is 0 Å². The number of aromatic nitrogens is 1. The Morgan fingerprint density at radius 1 is 1.30 bits per heavy atom. The van der Waals surface area contributed by atoms with Crippen molar-refractivity contribution in [3.05, 3.63) is 58.1 Å². The molecule has 0 saturated carbocycles.